The molecule has 5 heteroatoms. The number of hydrogen-bond donors (Lipinski definition) is 2. The van der Waals surface area contributed by atoms with Crippen LogP contribution in [0, 0.1) is 6.92 Å². The van der Waals surface area contributed by atoms with Crippen molar-refractivity contribution >= 4 is 23.6 Å². The van der Waals surface area contributed by atoms with Gasteiger partial charge in [-0.3, -0.25) is 9.59 Å². The summed E-state index contributed by atoms with van der Waals surface area (Å²) in [7, 11) is 0. The lowest BCUT2D eigenvalue weighted by atomic mass is 9.91. The molecule has 0 spiro atoms. The van der Waals surface area contributed by atoms with Gasteiger partial charge >= 0.3 is 0 Å². The van der Waals surface area contributed by atoms with E-state index < -0.39 is 0 Å². The Balaban J connectivity index is 0.00000233. The quantitative estimate of drug-likeness (QED) is 0.511. The van der Waals surface area contributed by atoms with E-state index in [9.17, 15) is 9.59 Å². The number of hydrogen-bond acceptors (Lipinski definition) is 4. The summed E-state index contributed by atoms with van der Waals surface area (Å²) in [5.74, 6) is 0.619. The topological polar surface area (TPSA) is 71.1 Å². The number of rotatable bonds is 8. The zero-order chi connectivity index (χ0) is 23.4. The van der Waals surface area contributed by atoms with Crippen LogP contribution in [0.3, 0.4) is 0 Å². The van der Waals surface area contributed by atoms with Crippen molar-refractivity contribution in [2.75, 3.05) is 5.32 Å². The number of pyridine rings is 1. The Bertz CT molecular complexity index is 892. The van der Waals surface area contributed by atoms with Crippen LogP contribution < -0.4 is 10.6 Å². The zero-order valence-electron chi connectivity index (χ0n) is 20.0. The van der Waals surface area contributed by atoms with Gasteiger partial charge in [-0.15, -0.1) is 0 Å². The Morgan fingerprint density at radius 3 is 2.48 bits per heavy atom. The molecule has 0 saturated heterocycles. The van der Waals surface area contributed by atoms with E-state index in [2.05, 4.69) is 40.8 Å². The van der Waals surface area contributed by atoms with Crippen LogP contribution in [0.25, 0.3) is 6.08 Å². The molecule has 1 atom stereocenters. The molecule has 1 amide bonds. The molecule has 5 nitrogen and oxygen atoms in total. The van der Waals surface area contributed by atoms with Crippen molar-refractivity contribution in [1.29, 1.82) is 0 Å². The van der Waals surface area contributed by atoms with Crippen molar-refractivity contribution in [1.82, 2.24) is 10.3 Å². The van der Waals surface area contributed by atoms with E-state index in [1.807, 2.05) is 53.0 Å². The summed E-state index contributed by atoms with van der Waals surface area (Å²) in [5.41, 5.74) is 5.18. The Labute approximate surface area is 187 Å². The van der Waals surface area contributed by atoms with Gasteiger partial charge in [0.25, 0.3) is 0 Å². The van der Waals surface area contributed by atoms with Gasteiger partial charge in [-0.1, -0.05) is 45.9 Å². The number of aryl methyl sites for hydroxylation is 1. The van der Waals surface area contributed by atoms with Crippen molar-refractivity contribution < 1.29 is 9.59 Å². The van der Waals surface area contributed by atoms with Crippen molar-refractivity contribution in [3.63, 3.8) is 0 Å². The van der Waals surface area contributed by atoms with Crippen LogP contribution in [0.5, 0.6) is 0 Å². The first-order valence-electron chi connectivity index (χ1n) is 11.2. The van der Waals surface area contributed by atoms with E-state index in [1.165, 1.54) is 6.92 Å². The molecular weight excluding hydrogens is 386 g/mol. The number of allylic oxidation sites excluding steroid dienone is 5. The lowest BCUT2D eigenvalue weighted by molar-refractivity contribution is -0.120. The summed E-state index contributed by atoms with van der Waals surface area (Å²) >= 11 is 0. The van der Waals surface area contributed by atoms with Gasteiger partial charge < -0.3 is 10.6 Å². The second kappa shape index (κ2) is 13.4. The SMILES string of the molecule is CC.CC/C=C/C(=C\c1cnc(NC(C)=O)cc1C)C1=CNC(C(=O)CCC)C=C1C. The minimum atomic E-state index is -0.254. The summed E-state index contributed by atoms with van der Waals surface area (Å²) in [6.45, 7) is 13.6. The van der Waals surface area contributed by atoms with Crippen LogP contribution in [0.4, 0.5) is 5.82 Å². The maximum absolute atomic E-state index is 12.2. The molecular formula is C26H37N3O2. The van der Waals surface area contributed by atoms with E-state index in [4.69, 9.17) is 0 Å². The molecule has 168 valence electrons. The van der Waals surface area contributed by atoms with Crippen molar-refractivity contribution in [3.05, 3.63) is 64.5 Å². The first kappa shape index (κ1) is 26.1. The summed E-state index contributed by atoms with van der Waals surface area (Å²) in [6.07, 6.45) is 14.4. The predicted molar refractivity (Wildman–Crippen MR) is 131 cm³/mol. The van der Waals surface area contributed by atoms with E-state index in [-0.39, 0.29) is 17.7 Å². The average molecular weight is 424 g/mol. The van der Waals surface area contributed by atoms with Crippen LogP contribution >= 0.6 is 0 Å². The summed E-state index contributed by atoms with van der Waals surface area (Å²) < 4.78 is 0. The number of nitrogens with one attached hydrogen (secondary N) is 2. The molecule has 2 N–H and O–H groups in total. The number of Topliss-reactive ketones (excluding diaryl/α,β-unsaturated/α-hetero) is 1. The molecule has 0 aromatic carbocycles. The normalized spacial score (nSPS) is 16.0. The van der Waals surface area contributed by atoms with E-state index in [1.54, 1.807) is 6.20 Å². The lowest BCUT2D eigenvalue weighted by Crippen LogP contribution is -2.34. The van der Waals surface area contributed by atoms with Crippen LogP contribution in [0.15, 0.2) is 53.4 Å². The van der Waals surface area contributed by atoms with Crippen LogP contribution in [-0.2, 0) is 9.59 Å². The van der Waals surface area contributed by atoms with Crippen molar-refractivity contribution in [2.45, 2.75) is 73.8 Å². The molecule has 0 saturated carbocycles. The van der Waals surface area contributed by atoms with Gasteiger partial charge in [0.05, 0.1) is 0 Å². The molecule has 31 heavy (non-hydrogen) atoms. The molecule has 2 heterocycles. The molecule has 1 unspecified atom stereocenters. The molecule has 1 aromatic heterocycles. The molecule has 2 rings (SSSR count). The zero-order valence-corrected chi connectivity index (χ0v) is 20.0. The monoisotopic (exact) mass is 423 g/mol. The number of amides is 1. The highest BCUT2D eigenvalue weighted by atomic mass is 16.1. The second-order valence-electron chi connectivity index (χ2n) is 7.29. The highest BCUT2D eigenvalue weighted by Crippen LogP contribution is 2.27. The Morgan fingerprint density at radius 2 is 1.94 bits per heavy atom. The number of nitrogens with zero attached hydrogens (tertiary/aromatic N) is 1. The number of dihydropyridines is 1. The molecule has 0 bridgehead atoms. The number of carbonyl (C=O) groups excluding carboxylic acids is 2. The van der Waals surface area contributed by atoms with Crippen molar-refractivity contribution in [2.24, 2.45) is 0 Å². The van der Waals surface area contributed by atoms with E-state index in [0.29, 0.717) is 12.2 Å². The Morgan fingerprint density at radius 1 is 1.23 bits per heavy atom. The third-order valence-electron chi connectivity index (χ3n) is 4.70. The molecule has 1 aliphatic rings. The molecule has 0 aliphatic carbocycles. The maximum atomic E-state index is 12.2. The summed E-state index contributed by atoms with van der Waals surface area (Å²) in [6, 6.07) is 1.61. The first-order chi connectivity index (χ1) is 14.8. The van der Waals surface area contributed by atoms with Crippen LogP contribution in [-0.4, -0.2) is 22.7 Å². The Hall–Kier alpha value is -2.95. The van der Waals surface area contributed by atoms with Gasteiger partial charge in [0.1, 0.15) is 11.9 Å². The summed E-state index contributed by atoms with van der Waals surface area (Å²) in [4.78, 5) is 27.8. The second-order valence-corrected chi connectivity index (χ2v) is 7.29. The minimum Gasteiger partial charge on any atom is -0.378 e. The van der Waals surface area contributed by atoms with Gasteiger partial charge in [-0.25, -0.2) is 4.98 Å². The third kappa shape index (κ3) is 8.00. The van der Waals surface area contributed by atoms with E-state index >= 15 is 0 Å². The standard InChI is InChI=1S/C24H31N3O2.C2H6/c1-6-8-10-19(13-20-14-26-24(12-16(20)3)27-18(5)28)21-15-25-22(11-17(21)4)23(29)9-7-2;1-2/h8,10-15,22,25H,6-7,9H2,1-5H3,(H,26,27,28);1-2H3/b10-8+,19-13+;. The fourth-order valence-electron chi connectivity index (χ4n) is 3.17. The van der Waals surface area contributed by atoms with Gasteiger partial charge in [0, 0.05) is 31.3 Å². The maximum Gasteiger partial charge on any atom is 0.222 e. The molecule has 1 aromatic rings. The fourth-order valence-corrected chi connectivity index (χ4v) is 3.17. The van der Waals surface area contributed by atoms with Gasteiger partial charge in [0.2, 0.25) is 5.91 Å². The fraction of sp³-hybridized carbons (Fsp3) is 0.423. The average Bonchev–Trinajstić information content (AvgIpc) is 2.74. The van der Waals surface area contributed by atoms with E-state index in [0.717, 1.165) is 40.7 Å². The van der Waals surface area contributed by atoms with Crippen molar-refractivity contribution in [3.8, 4) is 0 Å². The lowest BCUT2D eigenvalue weighted by Gasteiger charge is -2.22. The molecule has 0 radical (unpaired) electrons. The first-order valence-corrected chi connectivity index (χ1v) is 11.2. The molecule has 0 fully saturated rings. The van der Waals surface area contributed by atoms with Gasteiger partial charge in [-0.05, 0) is 61.1 Å². The highest BCUT2D eigenvalue weighted by Gasteiger charge is 2.19. The van der Waals surface area contributed by atoms with Gasteiger partial charge in [0.15, 0.2) is 5.78 Å². The third-order valence-corrected chi connectivity index (χ3v) is 4.70. The predicted octanol–water partition coefficient (Wildman–Crippen LogP) is 5.90. The van der Waals surface area contributed by atoms with Crippen LogP contribution in [0.1, 0.15) is 71.9 Å². The summed E-state index contributed by atoms with van der Waals surface area (Å²) in [5, 5.41) is 5.96. The smallest absolute Gasteiger partial charge is 0.222 e. The number of ketones is 1. The Kier molecular flexibility index (Phi) is 11.3. The van der Waals surface area contributed by atoms with Gasteiger partial charge in [-0.2, -0.15) is 0 Å². The van der Waals surface area contributed by atoms with Crippen LogP contribution in [0.2, 0.25) is 0 Å². The number of aromatic nitrogens is 1. The number of anilines is 1. The highest BCUT2D eigenvalue weighted by molar-refractivity contribution is 5.88. The minimum absolute atomic E-state index is 0.141. The molecule has 1 aliphatic heterocycles. The number of carbonyl (C=O) groups is 2. The largest absolute Gasteiger partial charge is 0.378 e.